The summed E-state index contributed by atoms with van der Waals surface area (Å²) in [6, 6.07) is 16.1. The molecule has 1 saturated heterocycles. The Morgan fingerprint density at radius 3 is 2.76 bits per heavy atom. The number of benzene rings is 2. The van der Waals surface area contributed by atoms with Crippen LogP contribution < -0.4 is 20.3 Å². The fraction of sp³-hybridized carbons (Fsp3) is 0.409. The topological polar surface area (TPSA) is 69.1 Å². The Balaban J connectivity index is 0.00000300. The number of anilines is 1. The number of hydrogen-bond donors (Lipinski definition) is 3. The first kappa shape index (κ1) is 23.1. The molecule has 3 rings (SSSR count). The number of hydrogen-bond acceptors (Lipinski definition) is 4. The number of aliphatic imine (C=N–C) groups is 1. The highest BCUT2D eigenvalue weighted by Crippen LogP contribution is 2.23. The van der Waals surface area contributed by atoms with Gasteiger partial charge in [-0.3, -0.25) is 0 Å². The van der Waals surface area contributed by atoms with Crippen molar-refractivity contribution in [2.24, 2.45) is 4.99 Å². The summed E-state index contributed by atoms with van der Waals surface area (Å²) in [5, 5.41) is 17.0. The SMILES string of the molecule is CCNC(=NCc1cc(OC)ccc1O)NC1CCCN(c2ccccc2)C1.I. The number of ether oxygens (including phenoxy) is 1. The van der Waals surface area contributed by atoms with Gasteiger partial charge in [-0.2, -0.15) is 0 Å². The molecule has 0 radical (unpaired) electrons. The van der Waals surface area contributed by atoms with Crippen LogP contribution in [0.25, 0.3) is 0 Å². The van der Waals surface area contributed by atoms with E-state index in [4.69, 9.17) is 4.74 Å². The van der Waals surface area contributed by atoms with Crippen LogP contribution >= 0.6 is 24.0 Å². The lowest BCUT2D eigenvalue weighted by Crippen LogP contribution is -2.51. The highest BCUT2D eigenvalue weighted by molar-refractivity contribution is 14.0. The van der Waals surface area contributed by atoms with Crippen LogP contribution in [-0.4, -0.2) is 43.9 Å². The molecule has 3 N–H and O–H groups in total. The molecule has 0 aromatic heterocycles. The summed E-state index contributed by atoms with van der Waals surface area (Å²) in [6.45, 7) is 5.24. The molecule has 1 aliphatic rings. The number of halogens is 1. The quantitative estimate of drug-likeness (QED) is 0.314. The van der Waals surface area contributed by atoms with Crippen molar-refractivity contribution < 1.29 is 9.84 Å². The first-order valence-corrected chi connectivity index (χ1v) is 9.90. The molecule has 1 fully saturated rings. The highest BCUT2D eigenvalue weighted by Gasteiger charge is 2.21. The maximum absolute atomic E-state index is 10.1. The molecule has 2 aromatic rings. The molecule has 2 aromatic carbocycles. The summed E-state index contributed by atoms with van der Waals surface area (Å²) in [4.78, 5) is 7.09. The molecule has 1 aliphatic heterocycles. The van der Waals surface area contributed by atoms with E-state index in [1.807, 2.05) is 12.1 Å². The van der Waals surface area contributed by atoms with Crippen LogP contribution in [0.3, 0.4) is 0 Å². The zero-order chi connectivity index (χ0) is 19.8. The number of aromatic hydroxyl groups is 1. The molecule has 0 bridgehead atoms. The second-order valence-electron chi connectivity index (χ2n) is 6.95. The summed E-state index contributed by atoms with van der Waals surface area (Å²) in [5.41, 5.74) is 2.00. The Hall–Kier alpha value is -2.16. The number of nitrogens with zero attached hydrogens (tertiary/aromatic N) is 2. The molecule has 1 heterocycles. The number of nitrogens with one attached hydrogen (secondary N) is 2. The van der Waals surface area contributed by atoms with Crippen LogP contribution in [0.4, 0.5) is 5.69 Å². The van der Waals surface area contributed by atoms with Crippen LogP contribution in [0.15, 0.2) is 53.5 Å². The normalized spacial score (nSPS) is 16.7. The van der Waals surface area contributed by atoms with Gasteiger partial charge >= 0.3 is 0 Å². The van der Waals surface area contributed by atoms with Gasteiger partial charge < -0.3 is 25.4 Å². The third-order valence-corrected chi connectivity index (χ3v) is 4.92. The Morgan fingerprint density at radius 1 is 1.24 bits per heavy atom. The lowest BCUT2D eigenvalue weighted by atomic mass is 10.1. The van der Waals surface area contributed by atoms with Gasteiger partial charge in [0.05, 0.1) is 13.7 Å². The minimum atomic E-state index is 0. The molecule has 0 amide bonds. The van der Waals surface area contributed by atoms with Gasteiger partial charge in [-0.15, -0.1) is 24.0 Å². The molecular formula is C22H31IN4O2. The third-order valence-electron chi connectivity index (χ3n) is 4.92. The van der Waals surface area contributed by atoms with E-state index in [1.54, 1.807) is 19.2 Å². The van der Waals surface area contributed by atoms with E-state index in [9.17, 15) is 5.11 Å². The highest BCUT2D eigenvalue weighted by atomic mass is 127. The summed E-state index contributed by atoms with van der Waals surface area (Å²) < 4.78 is 5.24. The van der Waals surface area contributed by atoms with E-state index < -0.39 is 0 Å². The summed E-state index contributed by atoms with van der Waals surface area (Å²) >= 11 is 0. The number of piperidine rings is 1. The molecule has 158 valence electrons. The van der Waals surface area contributed by atoms with Crippen molar-refractivity contribution in [2.45, 2.75) is 32.4 Å². The number of methoxy groups -OCH3 is 1. The van der Waals surface area contributed by atoms with Gasteiger partial charge in [-0.25, -0.2) is 4.99 Å². The van der Waals surface area contributed by atoms with Crippen LogP contribution in [-0.2, 0) is 6.54 Å². The molecule has 1 atom stereocenters. The average Bonchev–Trinajstić information content (AvgIpc) is 2.74. The lowest BCUT2D eigenvalue weighted by molar-refractivity contribution is 0.411. The van der Waals surface area contributed by atoms with Gasteiger partial charge in [0.1, 0.15) is 11.5 Å². The molecule has 1 unspecified atom stereocenters. The van der Waals surface area contributed by atoms with Crippen LogP contribution in [0.2, 0.25) is 0 Å². The van der Waals surface area contributed by atoms with Gasteiger partial charge in [-0.05, 0) is 50.1 Å². The van der Waals surface area contributed by atoms with Crippen molar-refractivity contribution in [3.05, 3.63) is 54.1 Å². The third kappa shape index (κ3) is 6.69. The Morgan fingerprint density at radius 2 is 2.03 bits per heavy atom. The fourth-order valence-corrected chi connectivity index (χ4v) is 3.46. The van der Waals surface area contributed by atoms with Crippen molar-refractivity contribution in [1.82, 2.24) is 10.6 Å². The zero-order valence-corrected chi connectivity index (χ0v) is 19.4. The molecule has 0 aliphatic carbocycles. The van der Waals surface area contributed by atoms with Crippen LogP contribution in [0.1, 0.15) is 25.3 Å². The van der Waals surface area contributed by atoms with Gasteiger partial charge in [0, 0.05) is 36.9 Å². The van der Waals surface area contributed by atoms with Gasteiger partial charge in [0.2, 0.25) is 0 Å². The molecule has 0 spiro atoms. The van der Waals surface area contributed by atoms with Crippen molar-refractivity contribution in [1.29, 1.82) is 0 Å². The maximum atomic E-state index is 10.1. The first-order chi connectivity index (χ1) is 13.7. The Kier molecular flexibility index (Phi) is 9.37. The fourth-order valence-electron chi connectivity index (χ4n) is 3.46. The number of rotatable bonds is 6. The van der Waals surface area contributed by atoms with E-state index >= 15 is 0 Å². The molecule has 0 saturated carbocycles. The molecule has 6 nitrogen and oxygen atoms in total. The number of phenols is 1. The Bertz CT molecular complexity index is 786. The molecule has 7 heteroatoms. The second kappa shape index (κ2) is 11.7. The number of phenolic OH excluding ortho intramolecular Hbond substituents is 1. The second-order valence-corrected chi connectivity index (χ2v) is 6.95. The monoisotopic (exact) mass is 510 g/mol. The van der Waals surface area contributed by atoms with Crippen molar-refractivity contribution >= 4 is 35.6 Å². The van der Waals surface area contributed by atoms with Crippen LogP contribution in [0.5, 0.6) is 11.5 Å². The van der Waals surface area contributed by atoms with E-state index in [-0.39, 0.29) is 29.7 Å². The van der Waals surface area contributed by atoms with E-state index in [1.165, 1.54) is 5.69 Å². The van der Waals surface area contributed by atoms with Gasteiger partial charge in [0.15, 0.2) is 5.96 Å². The van der Waals surface area contributed by atoms with E-state index in [2.05, 4.69) is 51.7 Å². The molecule has 29 heavy (non-hydrogen) atoms. The predicted octanol–water partition coefficient (Wildman–Crippen LogP) is 3.74. The smallest absolute Gasteiger partial charge is 0.191 e. The predicted molar refractivity (Wildman–Crippen MR) is 130 cm³/mol. The van der Waals surface area contributed by atoms with Crippen molar-refractivity contribution in [2.75, 3.05) is 31.6 Å². The summed E-state index contributed by atoms with van der Waals surface area (Å²) in [7, 11) is 1.62. The number of para-hydroxylation sites is 1. The van der Waals surface area contributed by atoms with Gasteiger partial charge in [-0.1, -0.05) is 18.2 Å². The standard InChI is InChI=1S/C22H30N4O2.HI/c1-3-23-22(24-15-17-14-20(28-2)11-12-21(17)27)25-18-8-7-13-26(16-18)19-9-5-4-6-10-19;/h4-6,9-12,14,18,27H,3,7-8,13,15-16H2,1-2H3,(H2,23,24,25);1H. The lowest BCUT2D eigenvalue weighted by Gasteiger charge is -2.35. The Labute approximate surface area is 190 Å². The summed E-state index contributed by atoms with van der Waals surface area (Å²) in [5.74, 6) is 1.71. The van der Waals surface area contributed by atoms with E-state index in [0.717, 1.165) is 44.0 Å². The van der Waals surface area contributed by atoms with Crippen LogP contribution in [0, 0.1) is 0 Å². The van der Waals surface area contributed by atoms with E-state index in [0.29, 0.717) is 18.3 Å². The minimum Gasteiger partial charge on any atom is -0.508 e. The zero-order valence-electron chi connectivity index (χ0n) is 17.1. The largest absolute Gasteiger partial charge is 0.508 e. The summed E-state index contributed by atoms with van der Waals surface area (Å²) in [6.07, 6.45) is 2.25. The first-order valence-electron chi connectivity index (χ1n) is 9.90. The van der Waals surface area contributed by atoms with Crippen molar-refractivity contribution in [3.8, 4) is 11.5 Å². The maximum Gasteiger partial charge on any atom is 0.191 e. The minimum absolute atomic E-state index is 0. The average molecular weight is 510 g/mol. The van der Waals surface area contributed by atoms with Crippen molar-refractivity contribution in [3.63, 3.8) is 0 Å². The number of guanidine groups is 1. The molecular weight excluding hydrogens is 479 g/mol. The van der Waals surface area contributed by atoms with Gasteiger partial charge in [0.25, 0.3) is 0 Å².